The van der Waals surface area contributed by atoms with Gasteiger partial charge < -0.3 is 5.32 Å². The molecule has 0 bridgehead atoms. The maximum atomic E-state index is 13.3. The first-order valence-electron chi connectivity index (χ1n) is 6.80. The van der Waals surface area contributed by atoms with E-state index in [1.807, 2.05) is 12.1 Å². The zero-order valence-electron chi connectivity index (χ0n) is 10.4. The van der Waals surface area contributed by atoms with E-state index in [-0.39, 0.29) is 5.82 Å². The average Bonchev–Trinajstić information content (AvgIpc) is 2.84. The van der Waals surface area contributed by atoms with E-state index in [1.54, 1.807) is 6.07 Å². The second-order valence-corrected chi connectivity index (χ2v) is 5.06. The van der Waals surface area contributed by atoms with Crippen LogP contribution in [0.3, 0.4) is 0 Å². The highest BCUT2D eigenvalue weighted by molar-refractivity contribution is 5.16. The SMILES string of the molecule is Fc1ccccc1CNCCCC1CCCC1. The van der Waals surface area contributed by atoms with Gasteiger partial charge >= 0.3 is 0 Å². The second kappa shape index (κ2) is 6.75. The summed E-state index contributed by atoms with van der Waals surface area (Å²) in [5, 5.41) is 3.33. The summed E-state index contributed by atoms with van der Waals surface area (Å²) in [7, 11) is 0. The molecule has 0 saturated heterocycles. The highest BCUT2D eigenvalue weighted by atomic mass is 19.1. The zero-order valence-corrected chi connectivity index (χ0v) is 10.4. The van der Waals surface area contributed by atoms with Crippen molar-refractivity contribution in [1.82, 2.24) is 5.32 Å². The lowest BCUT2D eigenvalue weighted by Gasteiger charge is -2.09. The van der Waals surface area contributed by atoms with Gasteiger partial charge in [0.25, 0.3) is 0 Å². The molecule has 2 rings (SSSR count). The number of rotatable bonds is 6. The number of halogens is 1. The Hall–Kier alpha value is -0.890. The summed E-state index contributed by atoms with van der Waals surface area (Å²) >= 11 is 0. The first-order chi connectivity index (χ1) is 8.36. The fourth-order valence-corrected chi connectivity index (χ4v) is 2.68. The third-order valence-electron chi connectivity index (χ3n) is 3.71. The first kappa shape index (κ1) is 12.6. The highest BCUT2D eigenvalue weighted by Crippen LogP contribution is 2.28. The molecular formula is C15H22FN. The van der Waals surface area contributed by atoms with E-state index >= 15 is 0 Å². The van der Waals surface area contributed by atoms with Crippen LogP contribution in [0.25, 0.3) is 0 Å². The average molecular weight is 235 g/mol. The van der Waals surface area contributed by atoms with Crippen LogP contribution in [0.1, 0.15) is 44.1 Å². The molecule has 94 valence electrons. The molecule has 0 unspecified atom stereocenters. The third kappa shape index (κ3) is 4.12. The molecule has 0 aliphatic heterocycles. The molecule has 0 radical (unpaired) electrons. The Morgan fingerprint density at radius 3 is 2.71 bits per heavy atom. The van der Waals surface area contributed by atoms with Crippen LogP contribution in [0.15, 0.2) is 24.3 Å². The van der Waals surface area contributed by atoms with Crippen molar-refractivity contribution < 1.29 is 4.39 Å². The highest BCUT2D eigenvalue weighted by Gasteiger charge is 2.13. The Bertz CT molecular complexity index is 331. The molecule has 0 aromatic heterocycles. The summed E-state index contributed by atoms with van der Waals surface area (Å²) in [5.74, 6) is 0.862. The topological polar surface area (TPSA) is 12.0 Å². The molecule has 1 fully saturated rings. The summed E-state index contributed by atoms with van der Waals surface area (Å²) < 4.78 is 13.3. The number of benzene rings is 1. The Morgan fingerprint density at radius 2 is 1.94 bits per heavy atom. The van der Waals surface area contributed by atoms with Crippen molar-refractivity contribution in [2.24, 2.45) is 5.92 Å². The Labute approximate surface area is 103 Å². The predicted octanol–water partition coefficient (Wildman–Crippen LogP) is 3.89. The molecule has 17 heavy (non-hydrogen) atoms. The minimum atomic E-state index is -0.101. The van der Waals surface area contributed by atoms with Gasteiger partial charge in [0.05, 0.1) is 0 Å². The van der Waals surface area contributed by atoms with Gasteiger partial charge in [-0.25, -0.2) is 4.39 Å². The van der Waals surface area contributed by atoms with Crippen LogP contribution in [0, 0.1) is 11.7 Å². The quantitative estimate of drug-likeness (QED) is 0.738. The summed E-state index contributed by atoms with van der Waals surface area (Å²) in [4.78, 5) is 0. The van der Waals surface area contributed by atoms with E-state index in [2.05, 4.69) is 5.32 Å². The van der Waals surface area contributed by atoms with Crippen molar-refractivity contribution in [2.45, 2.75) is 45.1 Å². The number of hydrogen-bond acceptors (Lipinski definition) is 1. The largest absolute Gasteiger partial charge is 0.313 e. The van der Waals surface area contributed by atoms with E-state index in [9.17, 15) is 4.39 Å². The van der Waals surface area contributed by atoms with Gasteiger partial charge in [-0.2, -0.15) is 0 Å². The first-order valence-corrected chi connectivity index (χ1v) is 6.80. The van der Waals surface area contributed by atoms with Gasteiger partial charge in [-0.1, -0.05) is 43.9 Å². The molecule has 2 heteroatoms. The Balaban J connectivity index is 1.58. The van der Waals surface area contributed by atoms with Gasteiger partial charge in [0, 0.05) is 12.1 Å². The van der Waals surface area contributed by atoms with Crippen molar-refractivity contribution in [3.05, 3.63) is 35.6 Å². The molecule has 1 aliphatic carbocycles. The Kier molecular flexibility index (Phi) is 4.99. The maximum absolute atomic E-state index is 13.3. The van der Waals surface area contributed by atoms with E-state index in [4.69, 9.17) is 0 Å². The van der Waals surface area contributed by atoms with E-state index < -0.39 is 0 Å². The third-order valence-corrected chi connectivity index (χ3v) is 3.71. The smallest absolute Gasteiger partial charge is 0.127 e. The lowest BCUT2D eigenvalue weighted by molar-refractivity contribution is 0.468. The van der Waals surface area contributed by atoms with Gasteiger partial charge in [0.2, 0.25) is 0 Å². The van der Waals surface area contributed by atoms with Crippen molar-refractivity contribution in [1.29, 1.82) is 0 Å². The summed E-state index contributed by atoms with van der Waals surface area (Å²) in [6.07, 6.45) is 8.25. The van der Waals surface area contributed by atoms with Crippen LogP contribution in [0.4, 0.5) is 4.39 Å². The zero-order chi connectivity index (χ0) is 11.9. The van der Waals surface area contributed by atoms with Crippen LogP contribution in [0.5, 0.6) is 0 Å². The van der Waals surface area contributed by atoms with Gasteiger partial charge in [-0.05, 0) is 31.4 Å². The number of nitrogens with one attached hydrogen (secondary N) is 1. The maximum Gasteiger partial charge on any atom is 0.127 e. The number of hydrogen-bond donors (Lipinski definition) is 1. The molecule has 0 spiro atoms. The minimum Gasteiger partial charge on any atom is -0.313 e. The molecule has 0 amide bonds. The fraction of sp³-hybridized carbons (Fsp3) is 0.600. The van der Waals surface area contributed by atoms with E-state index in [0.29, 0.717) is 6.54 Å². The molecule has 1 aliphatic rings. The molecular weight excluding hydrogens is 213 g/mol. The lowest BCUT2D eigenvalue weighted by atomic mass is 10.0. The second-order valence-electron chi connectivity index (χ2n) is 5.06. The van der Waals surface area contributed by atoms with Crippen LogP contribution in [-0.2, 0) is 6.54 Å². The van der Waals surface area contributed by atoms with Crippen LogP contribution >= 0.6 is 0 Å². The molecule has 0 atom stereocenters. The molecule has 1 nitrogen and oxygen atoms in total. The fourth-order valence-electron chi connectivity index (χ4n) is 2.68. The van der Waals surface area contributed by atoms with Crippen molar-refractivity contribution in [3.8, 4) is 0 Å². The van der Waals surface area contributed by atoms with Gasteiger partial charge in [0.1, 0.15) is 5.82 Å². The van der Waals surface area contributed by atoms with Crippen molar-refractivity contribution in [3.63, 3.8) is 0 Å². The minimum absolute atomic E-state index is 0.101. The molecule has 1 aromatic rings. The van der Waals surface area contributed by atoms with Gasteiger partial charge in [-0.3, -0.25) is 0 Å². The van der Waals surface area contributed by atoms with Crippen LogP contribution < -0.4 is 5.32 Å². The van der Waals surface area contributed by atoms with Crippen LogP contribution in [-0.4, -0.2) is 6.54 Å². The summed E-state index contributed by atoms with van der Waals surface area (Å²) in [6.45, 7) is 1.65. The normalized spacial score (nSPS) is 16.5. The molecule has 1 saturated carbocycles. The van der Waals surface area contributed by atoms with E-state index in [0.717, 1.165) is 18.0 Å². The van der Waals surface area contributed by atoms with Gasteiger partial charge in [0.15, 0.2) is 0 Å². The Morgan fingerprint density at radius 1 is 1.18 bits per heavy atom. The monoisotopic (exact) mass is 235 g/mol. The summed E-state index contributed by atoms with van der Waals surface area (Å²) in [5.41, 5.74) is 0.772. The molecule has 1 N–H and O–H groups in total. The standard InChI is InChI=1S/C15H22FN/c16-15-10-4-3-9-14(15)12-17-11-5-8-13-6-1-2-7-13/h3-4,9-10,13,17H,1-2,5-8,11-12H2. The van der Waals surface area contributed by atoms with Gasteiger partial charge in [-0.15, -0.1) is 0 Å². The van der Waals surface area contributed by atoms with Crippen molar-refractivity contribution in [2.75, 3.05) is 6.54 Å². The van der Waals surface area contributed by atoms with E-state index in [1.165, 1.54) is 44.6 Å². The lowest BCUT2D eigenvalue weighted by Crippen LogP contribution is -2.16. The van der Waals surface area contributed by atoms with Crippen LogP contribution in [0.2, 0.25) is 0 Å². The van der Waals surface area contributed by atoms with Crippen molar-refractivity contribution >= 4 is 0 Å². The predicted molar refractivity (Wildman–Crippen MR) is 69.3 cm³/mol. The summed E-state index contributed by atoms with van der Waals surface area (Å²) in [6, 6.07) is 6.99. The molecule has 1 aromatic carbocycles. The molecule has 0 heterocycles.